The number of anilines is 1. The number of urea groups is 1. The fourth-order valence-electron chi connectivity index (χ4n) is 3.07. The summed E-state index contributed by atoms with van der Waals surface area (Å²) in [6.07, 6.45) is 5.73. The third kappa shape index (κ3) is 4.81. The minimum atomic E-state index is -0.554. The first kappa shape index (κ1) is 18.0. The van der Waals surface area contributed by atoms with Gasteiger partial charge >= 0.3 is 6.03 Å². The van der Waals surface area contributed by atoms with Gasteiger partial charge in [-0.1, -0.05) is 19.3 Å². The minimum absolute atomic E-state index is 0.0352. The summed E-state index contributed by atoms with van der Waals surface area (Å²) < 4.78 is 0. The Morgan fingerprint density at radius 2 is 2.13 bits per heavy atom. The van der Waals surface area contributed by atoms with E-state index in [0.29, 0.717) is 12.5 Å². The van der Waals surface area contributed by atoms with Gasteiger partial charge in [0.05, 0.1) is 24.4 Å². The third-order valence-corrected chi connectivity index (χ3v) is 5.64. The highest BCUT2D eigenvalue weighted by Crippen LogP contribution is 2.32. The molecule has 1 aliphatic carbocycles. The number of carbonyl (C=O) groups is 1. The Labute approximate surface area is 142 Å². The summed E-state index contributed by atoms with van der Waals surface area (Å²) in [5.74, 6) is 0.339. The van der Waals surface area contributed by atoms with E-state index in [2.05, 4.69) is 15.6 Å². The summed E-state index contributed by atoms with van der Waals surface area (Å²) in [5, 5.41) is 18.5. The number of aliphatic hydroxyl groups excluding tert-OH is 1. The van der Waals surface area contributed by atoms with E-state index in [0.717, 1.165) is 23.7 Å². The highest BCUT2D eigenvalue weighted by Gasteiger charge is 2.35. The summed E-state index contributed by atoms with van der Waals surface area (Å²) in [6.45, 7) is 2.30. The van der Waals surface area contributed by atoms with Gasteiger partial charge in [-0.25, -0.2) is 9.78 Å². The van der Waals surface area contributed by atoms with E-state index in [1.807, 2.05) is 31.3 Å². The fourth-order valence-corrected chi connectivity index (χ4v) is 3.83. The molecule has 2 rings (SSSR count). The molecular formula is C16H28N4O2S. The van der Waals surface area contributed by atoms with Crippen LogP contribution < -0.4 is 15.5 Å². The maximum absolute atomic E-state index is 12.2. The molecule has 3 N–H and O–H groups in total. The molecule has 1 aliphatic rings. The Bertz CT molecular complexity index is 514. The van der Waals surface area contributed by atoms with Crippen molar-refractivity contribution >= 4 is 22.5 Å². The minimum Gasteiger partial charge on any atom is -0.394 e. The number of hydrogen-bond acceptors (Lipinski definition) is 5. The lowest BCUT2D eigenvalue weighted by molar-refractivity contribution is 0.101. The number of nitrogens with one attached hydrogen (secondary N) is 2. The number of amides is 2. The van der Waals surface area contributed by atoms with Crippen molar-refractivity contribution in [1.29, 1.82) is 0 Å². The smallest absolute Gasteiger partial charge is 0.315 e. The van der Waals surface area contributed by atoms with Gasteiger partial charge in [0.15, 0.2) is 5.13 Å². The van der Waals surface area contributed by atoms with Crippen molar-refractivity contribution in [3.63, 3.8) is 0 Å². The lowest BCUT2D eigenvalue weighted by Crippen LogP contribution is -2.57. The largest absolute Gasteiger partial charge is 0.394 e. The topological polar surface area (TPSA) is 77.5 Å². The molecule has 6 nitrogen and oxygen atoms in total. The number of rotatable bonds is 6. The van der Waals surface area contributed by atoms with E-state index in [1.165, 1.54) is 19.3 Å². The van der Waals surface area contributed by atoms with E-state index < -0.39 is 5.54 Å². The van der Waals surface area contributed by atoms with Crippen LogP contribution in [0.4, 0.5) is 9.93 Å². The second kappa shape index (κ2) is 7.97. The molecule has 0 unspecified atom stereocenters. The molecule has 0 saturated heterocycles. The quantitative estimate of drug-likeness (QED) is 0.743. The number of nitrogens with zero attached hydrogens (tertiary/aromatic N) is 2. The monoisotopic (exact) mass is 340 g/mol. The Hall–Kier alpha value is -1.34. The van der Waals surface area contributed by atoms with Crippen LogP contribution in [0.3, 0.4) is 0 Å². The maximum Gasteiger partial charge on any atom is 0.315 e. The van der Waals surface area contributed by atoms with Crippen molar-refractivity contribution in [3.05, 3.63) is 11.1 Å². The normalized spacial score (nSPS) is 18.3. The molecule has 1 aromatic heterocycles. The van der Waals surface area contributed by atoms with Crippen LogP contribution >= 0.6 is 11.3 Å². The fraction of sp³-hybridized carbons (Fsp3) is 0.750. The predicted molar refractivity (Wildman–Crippen MR) is 93.9 cm³/mol. The number of aliphatic hydroxyl groups is 1. The van der Waals surface area contributed by atoms with Gasteiger partial charge in [-0.3, -0.25) is 0 Å². The Morgan fingerprint density at radius 3 is 2.70 bits per heavy atom. The summed E-state index contributed by atoms with van der Waals surface area (Å²) >= 11 is 1.55. The summed E-state index contributed by atoms with van der Waals surface area (Å²) in [6, 6.07) is -0.244. The van der Waals surface area contributed by atoms with Crippen molar-refractivity contribution in [2.75, 3.05) is 25.6 Å². The molecule has 1 atom stereocenters. The standard InChI is InChI=1S/C16H28N4O2S/c1-16(11-21,12-7-5-4-6-8-12)19-14(22)17-9-13-10-23-15(18-13)20(2)3/h10,12,21H,4-9,11H2,1-3H3,(H2,17,19,22)/t16-/m0/s1. The van der Waals surface area contributed by atoms with Crippen LogP contribution in [0.1, 0.15) is 44.7 Å². The van der Waals surface area contributed by atoms with Crippen LogP contribution in [0.15, 0.2) is 5.38 Å². The van der Waals surface area contributed by atoms with Crippen molar-refractivity contribution in [2.45, 2.75) is 51.1 Å². The number of aromatic nitrogens is 1. The van der Waals surface area contributed by atoms with Gasteiger partial charge in [-0.2, -0.15) is 0 Å². The highest BCUT2D eigenvalue weighted by molar-refractivity contribution is 7.13. The van der Waals surface area contributed by atoms with E-state index in [4.69, 9.17) is 0 Å². The molecule has 23 heavy (non-hydrogen) atoms. The lowest BCUT2D eigenvalue weighted by atomic mass is 9.76. The molecule has 0 spiro atoms. The second-order valence-electron chi connectivity index (χ2n) is 6.73. The summed E-state index contributed by atoms with van der Waals surface area (Å²) in [5.41, 5.74) is 0.290. The van der Waals surface area contributed by atoms with Gasteiger partial charge in [-0.15, -0.1) is 11.3 Å². The summed E-state index contributed by atoms with van der Waals surface area (Å²) in [7, 11) is 3.89. The van der Waals surface area contributed by atoms with E-state index >= 15 is 0 Å². The van der Waals surface area contributed by atoms with Crippen LogP contribution in [0.25, 0.3) is 0 Å². The average molecular weight is 340 g/mol. The van der Waals surface area contributed by atoms with Crippen LogP contribution in [0.5, 0.6) is 0 Å². The van der Waals surface area contributed by atoms with E-state index in [1.54, 1.807) is 11.3 Å². The molecule has 1 aromatic rings. The van der Waals surface area contributed by atoms with Crippen LogP contribution in [0.2, 0.25) is 0 Å². The molecule has 0 aromatic carbocycles. The Morgan fingerprint density at radius 1 is 1.43 bits per heavy atom. The van der Waals surface area contributed by atoms with Crippen molar-refractivity contribution in [3.8, 4) is 0 Å². The zero-order chi connectivity index (χ0) is 16.9. The molecule has 1 fully saturated rings. The highest BCUT2D eigenvalue weighted by atomic mass is 32.1. The first-order valence-electron chi connectivity index (χ1n) is 8.23. The third-order valence-electron chi connectivity index (χ3n) is 4.59. The van der Waals surface area contributed by atoms with Gasteiger partial charge in [0.25, 0.3) is 0 Å². The van der Waals surface area contributed by atoms with Crippen molar-refractivity contribution in [1.82, 2.24) is 15.6 Å². The Balaban J connectivity index is 1.86. The molecule has 0 radical (unpaired) electrons. The van der Waals surface area contributed by atoms with Crippen LogP contribution in [0, 0.1) is 5.92 Å². The Kier molecular flexibility index (Phi) is 6.24. The number of thiazole rings is 1. The van der Waals surface area contributed by atoms with E-state index in [9.17, 15) is 9.90 Å². The summed E-state index contributed by atoms with van der Waals surface area (Å²) in [4.78, 5) is 18.6. The van der Waals surface area contributed by atoms with Crippen molar-refractivity contribution < 1.29 is 9.90 Å². The van der Waals surface area contributed by atoms with Gasteiger partial charge in [0.2, 0.25) is 0 Å². The molecular weight excluding hydrogens is 312 g/mol. The van der Waals surface area contributed by atoms with Crippen LogP contribution in [-0.4, -0.2) is 42.4 Å². The van der Waals surface area contributed by atoms with Gasteiger partial charge in [0, 0.05) is 19.5 Å². The van der Waals surface area contributed by atoms with Crippen molar-refractivity contribution in [2.24, 2.45) is 5.92 Å². The number of hydrogen-bond donors (Lipinski definition) is 3. The van der Waals surface area contributed by atoms with Gasteiger partial charge in [0.1, 0.15) is 0 Å². The molecule has 1 saturated carbocycles. The second-order valence-corrected chi connectivity index (χ2v) is 7.57. The maximum atomic E-state index is 12.2. The van der Waals surface area contributed by atoms with Gasteiger partial charge < -0.3 is 20.6 Å². The number of carbonyl (C=O) groups excluding carboxylic acids is 1. The zero-order valence-corrected chi connectivity index (χ0v) is 15.1. The molecule has 2 amide bonds. The predicted octanol–water partition coefficient (Wildman–Crippen LogP) is 2.34. The first-order valence-corrected chi connectivity index (χ1v) is 9.11. The SMILES string of the molecule is CN(C)c1nc(CNC(=O)N[C@@](C)(CO)C2CCCCC2)cs1. The molecule has 0 bridgehead atoms. The van der Waals surface area contributed by atoms with Crippen LogP contribution in [-0.2, 0) is 6.54 Å². The lowest BCUT2D eigenvalue weighted by Gasteiger charge is -2.39. The average Bonchev–Trinajstić information content (AvgIpc) is 3.03. The zero-order valence-electron chi connectivity index (χ0n) is 14.3. The molecule has 7 heteroatoms. The molecule has 130 valence electrons. The molecule has 0 aliphatic heterocycles. The van der Waals surface area contributed by atoms with E-state index in [-0.39, 0.29) is 12.6 Å². The first-order chi connectivity index (χ1) is 10.9. The van der Waals surface area contributed by atoms with Gasteiger partial charge in [-0.05, 0) is 25.7 Å². The molecule has 1 heterocycles.